The van der Waals surface area contributed by atoms with Gasteiger partial charge in [-0.05, 0) is 42.3 Å². The first-order chi connectivity index (χ1) is 12.8. The van der Waals surface area contributed by atoms with Gasteiger partial charge in [0.05, 0.1) is 18.7 Å². The molecular formula is C21H22N2O2S. The number of carbonyl (C=O) groups is 1. The lowest BCUT2D eigenvalue weighted by molar-refractivity contribution is -0.140. The summed E-state index contributed by atoms with van der Waals surface area (Å²) in [5.41, 5.74) is 3.59. The van der Waals surface area contributed by atoms with E-state index in [0.717, 1.165) is 43.8 Å². The van der Waals surface area contributed by atoms with Gasteiger partial charge >= 0.3 is 0 Å². The van der Waals surface area contributed by atoms with Crippen LogP contribution in [0.3, 0.4) is 0 Å². The van der Waals surface area contributed by atoms with E-state index in [1.165, 1.54) is 22.2 Å². The number of amides is 1. The molecule has 2 aliphatic heterocycles. The molecule has 26 heavy (non-hydrogen) atoms. The summed E-state index contributed by atoms with van der Waals surface area (Å²) in [7, 11) is 0. The Kier molecular flexibility index (Phi) is 3.87. The molecule has 1 saturated heterocycles. The molecule has 5 rings (SSSR count). The monoisotopic (exact) mass is 366 g/mol. The molecule has 1 amide bonds. The van der Waals surface area contributed by atoms with Crippen molar-refractivity contribution < 1.29 is 9.53 Å². The van der Waals surface area contributed by atoms with E-state index in [-0.39, 0.29) is 11.5 Å². The number of hydrogen-bond acceptors (Lipinski definition) is 3. The van der Waals surface area contributed by atoms with Gasteiger partial charge in [0.25, 0.3) is 0 Å². The summed E-state index contributed by atoms with van der Waals surface area (Å²) in [5.74, 6) is 0.231. The molecule has 1 fully saturated rings. The molecule has 0 aliphatic carbocycles. The SMILES string of the molecule is O=C(Cc1cccs1)N1CCC2(CC1)OCCc1c2[nH]c2ccccc12. The average molecular weight is 366 g/mol. The topological polar surface area (TPSA) is 45.3 Å². The van der Waals surface area contributed by atoms with Gasteiger partial charge in [0.1, 0.15) is 5.60 Å². The first kappa shape index (κ1) is 16.1. The van der Waals surface area contributed by atoms with Gasteiger partial charge in [-0.2, -0.15) is 0 Å². The maximum atomic E-state index is 12.6. The quantitative estimate of drug-likeness (QED) is 0.748. The molecule has 0 bridgehead atoms. The number of thiophene rings is 1. The highest BCUT2D eigenvalue weighted by Crippen LogP contribution is 2.43. The third-order valence-corrected chi connectivity index (χ3v) is 6.71. The maximum Gasteiger partial charge on any atom is 0.227 e. The summed E-state index contributed by atoms with van der Waals surface area (Å²) in [6.07, 6.45) is 3.21. The van der Waals surface area contributed by atoms with Crippen LogP contribution in [0.2, 0.25) is 0 Å². The molecule has 5 heteroatoms. The number of nitrogens with one attached hydrogen (secondary N) is 1. The molecule has 0 atom stereocenters. The number of fused-ring (bicyclic) bond motifs is 4. The van der Waals surface area contributed by atoms with Gasteiger partial charge in [-0.25, -0.2) is 0 Å². The molecule has 0 radical (unpaired) electrons. The standard InChI is InChI=1S/C21H22N2O2S/c24-19(14-15-4-3-13-26-15)23-10-8-21(9-11-23)20-17(7-12-25-21)16-5-1-2-6-18(16)22-20/h1-6,13,22H,7-12,14H2. The average Bonchev–Trinajstić information content (AvgIpc) is 3.31. The minimum absolute atomic E-state index is 0.231. The molecule has 4 nitrogen and oxygen atoms in total. The fraction of sp³-hybridized carbons (Fsp3) is 0.381. The van der Waals surface area contributed by atoms with Crippen molar-refractivity contribution in [1.82, 2.24) is 9.88 Å². The number of benzene rings is 1. The van der Waals surface area contributed by atoms with E-state index < -0.39 is 0 Å². The largest absolute Gasteiger partial charge is 0.368 e. The highest BCUT2D eigenvalue weighted by atomic mass is 32.1. The van der Waals surface area contributed by atoms with Crippen LogP contribution in [0.5, 0.6) is 0 Å². The van der Waals surface area contributed by atoms with Crippen molar-refractivity contribution >= 4 is 28.1 Å². The number of hydrogen-bond donors (Lipinski definition) is 1. The molecule has 1 N–H and O–H groups in total. The summed E-state index contributed by atoms with van der Waals surface area (Å²) in [5, 5.41) is 3.35. The molecular weight excluding hydrogens is 344 g/mol. The van der Waals surface area contributed by atoms with Gasteiger partial charge < -0.3 is 14.6 Å². The third kappa shape index (κ3) is 2.58. The Morgan fingerprint density at radius 2 is 2.04 bits per heavy atom. The lowest BCUT2D eigenvalue weighted by atomic mass is 9.83. The highest BCUT2D eigenvalue weighted by Gasteiger charge is 2.43. The van der Waals surface area contributed by atoms with Crippen LogP contribution in [0.25, 0.3) is 10.9 Å². The second-order valence-electron chi connectivity index (χ2n) is 7.25. The van der Waals surface area contributed by atoms with E-state index in [9.17, 15) is 4.79 Å². The predicted octanol–water partition coefficient (Wildman–Crippen LogP) is 3.86. The van der Waals surface area contributed by atoms with Crippen LogP contribution >= 0.6 is 11.3 Å². The Hall–Kier alpha value is -2.11. The minimum atomic E-state index is -0.258. The van der Waals surface area contributed by atoms with Crippen molar-refractivity contribution in [2.75, 3.05) is 19.7 Å². The zero-order valence-corrected chi connectivity index (χ0v) is 15.5. The molecule has 4 heterocycles. The number of para-hydroxylation sites is 1. The lowest BCUT2D eigenvalue weighted by Crippen LogP contribution is -2.48. The summed E-state index contributed by atoms with van der Waals surface area (Å²) in [4.78, 5) is 19.4. The molecule has 2 aliphatic rings. The van der Waals surface area contributed by atoms with Gasteiger partial charge in [0.2, 0.25) is 5.91 Å². The van der Waals surface area contributed by atoms with Crippen molar-refractivity contribution in [3.8, 4) is 0 Å². The summed E-state index contributed by atoms with van der Waals surface area (Å²) in [6, 6.07) is 12.6. The Bertz CT molecular complexity index is 936. The van der Waals surface area contributed by atoms with Crippen LogP contribution in [0.1, 0.15) is 29.0 Å². The molecule has 0 unspecified atom stereocenters. The van der Waals surface area contributed by atoms with E-state index in [1.54, 1.807) is 11.3 Å². The number of piperidine rings is 1. The predicted molar refractivity (Wildman–Crippen MR) is 103 cm³/mol. The van der Waals surface area contributed by atoms with Crippen LogP contribution < -0.4 is 0 Å². The van der Waals surface area contributed by atoms with Crippen LogP contribution in [0.4, 0.5) is 0 Å². The van der Waals surface area contributed by atoms with Crippen molar-refractivity contribution in [3.05, 3.63) is 57.9 Å². The number of likely N-dealkylation sites (tertiary alicyclic amines) is 1. The smallest absolute Gasteiger partial charge is 0.227 e. The van der Waals surface area contributed by atoms with Crippen molar-refractivity contribution in [2.24, 2.45) is 0 Å². The summed E-state index contributed by atoms with van der Waals surface area (Å²) in [6.45, 7) is 2.29. The first-order valence-electron chi connectivity index (χ1n) is 9.29. The van der Waals surface area contributed by atoms with Gasteiger partial charge in [-0.1, -0.05) is 24.3 Å². The molecule has 1 spiro atoms. The fourth-order valence-electron chi connectivity index (χ4n) is 4.45. The maximum absolute atomic E-state index is 12.6. The Morgan fingerprint density at radius 1 is 1.19 bits per heavy atom. The van der Waals surface area contributed by atoms with Crippen LogP contribution in [0, 0.1) is 0 Å². The Balaban J connectivity index is 1.37. The fourth-order valence-corrected chi connectivity index (χ4v) is 5.15. The Morgan fingerprint density at radius 3 is 2.85 bits per heavy atom. The molecule has 2 aromatic heterocycles. The van der Waals surface area contributed by atoms with Gasteiger partial charge in [0.15, 0.2) is 0 Å². The van der Waals surface area contributed by atoms with Gasteiger partial charge in [0, 0.05) is 28.9 Å². The number of H-pyrrole nitrogens is 1. The highest BCUT2D eigenvalue weighted by molar-refractivity contribution is 7.10. The van der Waals surface area contributed by atoms with Crippen LogP contribution in [-0.4, -0.2) is 35.5 Å². The normalized spacial score (nSPS) is 19.0. The Labute approximate surface area is 156 Å². The minimum Gasteiger partial charge on any atom is -0.368 e. The first-order valence-corrected chi connectivity index (χ1v) is 10.2. The number of ether oxygens (including phenoxy) is 1. The molecule has 1 aromatic carbocycles. The summed E-state index contributed by atoms with van der Waals surface area (Å²) < 4.78 is 6.33. The number of aromatic nitrogens is 1. The summed E-state index contributed by atoms with van der Waals surface area (Å²) >= 11 is 1.65. The van der Waals surface area contributed by atoms with Crippen molar-refractivity contribution in [3.63, 3.8) is 0 Å². The molecule has 0 saturated carbocycles. The van der Waals surface area contributed by atoms with Crippen molar-refractivity contribution in [2.45, 2.75) is 31.3 Å². The second kappa shape index (κ2) is 6.25. The van der Waals surface area contributed by atoms with Crippen LogP contribution in [-0.2, 0) is 28.0 Å². The lowest BCUT2D eigenvalue weighted by Gasteiger charge is -2.43. The van der Waals surface area contributed by atoms with Crippen LogP contribution in [0.15, 0.2) is 41.8 Å². The number of nitrogens with zero attached hydrogens (tertiary/aromatic N) is 1. The number of aromatic amines is 1. The van der Waals surface area contributed by atoms with E-state index in [0.29, 0.717) is 6.42 Å². The van der Waals surface area contributed by atoms with E-state index in [1.807, 2.05) is 22.4 Å². The number of carbonyl (C=O) groups excluding carboxylic acids is 1. The van der Waals surface area contributed by atoms with Gasteiger partial charge in [-0.15, -0.1) is 11.3 Å². The number of rotatable bonds is 2. The zero-order valence-electron chi connectivity index (χ0n) is 14.7. The molecule has 134 valence electrons. The second-order valence-corrected chi connectivity index (χ2v) is 8.29. The third-order valence-electron chi connectivity index (χ3n) is 5.83. The zero-order chi connectivity index (χ0) is 17.6. The van der Waals surface area contributed by atoms with Gasteiger partial charge in [-0.3, -0.25) is 4.79 Å². The van der Waals surface area contributed by atoms with E-state index in [4.69, 9.17) is 4.74 Å². The van der Waals surface area contributed by atoms with Crippen molar-refractivity contribution in [1.29, 1.82) is 0 Å². The van der Waals surface area contributed by atoms with E-state index >= 15 is 0 Å². The molecule has 3 aromatic rings. The van der Waals surface area contributed by atoms with E-state index in [2.05, 4.69) is 29.2 Å².